The molecule has 4 rings (SSSR count). The maximum absolute atomic E-state index is 13.1. The zero-order valence-electron chi connectivity index (χ0n) is 19.0. The second-order valence-corrected chi connectivity index (χ2v) is 9.57. The molecular formula is C25H32N4O2S. The number of likely N-dealkylation sites (tertiary alicyclic amines) is 1. The lowest BCUT2D eigenvalue weighted by molar-refractivity contribution is 0.0941. The minimum Gasteiger partial charge on any atom is -0.349 e. The van der Waals surface area contributed by atoms with Gasteiger partial charge in [-0.2, -0.15) is 0 Å². The predicted molar refractivity (Wildman–Crippen MR) is 130 cm³/mol. The Labute approximate surface area is 193 Å². The summed E-state index contributed by atoms with van der Waals surface area (Å²) in [4.78, 5) is 34.3. The zero-order valence-corrected chi connectivity index (χ0v) is 19.8. The first-order valence-corrected chi connectivity index (χ1v) is 12.5. The van der Waals surface area contributed by atoms with E-state index in [2.05, 4.69) is 34.3 Å². The highest BCUT2D eigenvalue weighted by Gasteiger charge is 2.25. The molecule has 1 unspecified atom stereocenters. The number of amides is 1. The van der Waals surface area contributed by atoms with Crippen LogP contribution in [0.15, 0.2) is 41.5 Å². The molecule has 1 aromatic carbocycles. The van der Waals surface area contributed by atoms with Gasteiger partial charge in [0.1, 0.15) is 4.83 Å². The molecule has 2 aromatic heterocycles. The molecule has 6 nitrogen and oxygen atoms in total. The Morgan fingerprint density at radius 3 is 2.66 bits per heavy atom. The highest BCUT2D eigenvalue weighted by atomic mass is 32.1. The van der Waals surface area contributed by atoms with E-state index in [1.807, 2.05) is 25.1 Å². The Balaban J connectivity index is 1.53. The van der Waals surface area contributed by atoms with Gasteiger partial charge in [-0.25, -0.2) is 4.98 Å². The molecule has 3 heterocycles. The maximum atomic E-state index is 13.1. The van der Waals surface area contributed by atoms with Crippen molar-refractivity contribution in [3.8, 4) is 0 Å². The molecular weight excluding hydrogens is 420 g/mol. The molecule has 1 fully saturated rings. The number of rotatable bonds is 9. The number of hydrogen-bond donors (Lipinski definition) is 1. The Morgan fingerprint density at radius 1 is 1.19 bits per heavy atom. The lowest BCUT2D eigenvalue weighted by atomic mass is 10.1. The van der Waals surface area contributed by atoms with Crippen molar-refractivity contribution in [3.05, 3.63) is 63.0 Å². The van der Waals surface area contributed by atoms with Gasteiger partial charge in [0.15, 0.2) is 0 Å². The van der Waals surface area contributed by atoms with Crippen molar-refractivity contribution in [1.29, 1.82) is 0 Å². The monoisotopic (exact) mass is 452 g/mol. The van der Waals surface area contributed by atoms with E-state index >= 15 is 0 Å². The minimum atomic E-state index is -0.123. The van der Waals surface area contributed by atoms with Crippen LogP contribution < -0.4 is 10.9 Å². The minimum absolute atomic E-state index is 0.0434. The van der Waals surface area contributed by atoms with Crippen LogP contribution in [0.1, 0.15) is 65.9 Å². The van der Waals surface area contributed by atoms with Crippen molar-refractivity contribution in [2.75, 3.05) is 19.6 Å². The first kappa shape index (κ1) is 22.7. The standard InChI is InChI=1S/C25H32N4O2S/c1-3-4-8-15-29-17-27-24-21(25(29)31)18(2)22(32-24)23(30)26-16-20(28-13-9-10-14-28)19-11-6-5-7-12-19/h5-7,11-12,17,20H,3-4,8-10,13-16H2,1-2H3,(H,26,30). The summed E-state index contributed by atoms with van der Waals surface area (Å²) in [6.07, 6.45) is 7.16. The number of benzene rings is 1. The van der Waals surface area contributed by atoms with Crippen molar-refractivity contribution in [2.24, 2.45) is 0 Å². The molecule has 32 heavy (non-hydrogen) atoms. The van der Waals surface area contributed by atoms with Crippen LogP contribution >= 0.6 is 11.3 Å². The molecule has 1 aliphatic heterocycles. The first-order chi connectivity index (χ1) is 15.6. The molecule has 0 spiro atoms. The van der Waals surface area contributed by atoms with E-state index in [9.17, 15) is 9.59 Å². The molecule has 0 aliphatic carbocycles. The van der Waals surface area contributed by atoms with Crippen molar-refractivity contribution in [3.63, 3.8) is 0 Å². The van der Waals surface area contributed by atoms with E-state index in [-0.39, 0.29) is 17.5 Å². The molecule has 3 aromatic rings. The number of hydrogen-bond acceptors (Lipinski definition) is 5. The number of unbranched alkanes of at least 4 members (excludes halogenated alkanes) is 2. The van der Waals surface area contributed by atoms with E-state index in [1.54, 1.807) is 10.9 Å². The van der Waals surface area contributed by atoms with Gasteiger partial charge in [0, 0.05) is 13.1 Å². The van der Waals surface area contributed by atoms with E-state index in [1.165, 1.54) is 29.7 Å². The number of nitrogens with zero attached hydrogens (tertiary/aromatic N) is 3. The third-order valence-electron chi connectivity index (χ3n) is 6.35. The smallest absolute Gasteiger partial charge is 0.262 e. The van der Waals surface area contributed by atoms with Crippen LogP contribution in [-0.4, -0.2) is 40.0 Å². The van der Waals surface area contributed by atoms with Crippen LogP contribution in [0.25, 0.3) is 10.2 Å². The van der Waals surface area contributed by atoms with Crippen LogP contribution in [-0.2, 0) is 6.54 Å². The molecule has 1 aliphatic rings. The summed E-state index contributed by atoms with van der Waals surface area (Å²) in [5, 5.41) is 3.73. The lowest BCUT2D eigenvalue weighted by Gasteiger charge is -2.28. The number of aromatic nitrogens is 2. The summed E-state index contributed by atoms with van der Waals surface area (Å²) in [5.74, 6) is -0.123. The van der Waals surface area contributed by atoms with Gasteiger partial charge in [-0.3, -0.25) is 19.1 Å². The van der Waals surface area contributed by atoms with Gasteiger partial charge in [0.25, 0.3) is 11.5 Å². The summed E-state index contributed by atoms with van der Waals surface area (Å²) in [6, 6.07) is 10.5. The largest absolute Gasteiger partial charge is 0.349 e. The van der Waals surface area contributed by atoms with Gasteiger partial charge in [0.2, 0.25) is 0 Å². The summed E-state index contributed by atoms with van der Waals surface area (Å²) in [5.41, 5.74) is 1.92. The highest BCUT2D eigenvalue weighted by molar-refractivity contribution is 7.20. The van der Waals surface area contributed by atoms with Crippen LogP contribution in [0, 0.1) is 6.92 Å². The number of aryl methyl sites for hydroxylation is 2. The molecule has 1 saturated heterocycles. The Kier molecular flexibility index (Phi) is 7.37. The third-order valence-corrected chi connectivity index (χ3v) is 7.55. The van der Waals surface area contributed by atoms with Gasteiger partial charge in [-0.15, -0.1) is 11.3 Å². The second kappa shape index (κ2) is 10.4. The van der Waals surface area contributed by atoms with Gasteiger partial charge in [-0.1, -0.05) is 50.1 Å². The Bertz CT molecular complexity index is 1120. The molecule has 170 valence electrons. The van der Waals surface area contributed by atoms with Crippen LogP contribution in [0.5, 0.6) is 0 Å². The first-order valence-electron chi connectivity index (χ1n) is 11.7. The van der Waals surface area contributed by atoms with Crippen molar-refractivity contribution >= 4 is 27.5 Å². The fraction of sp³-hybridized carbons (Fsp3) is 0.480. The van der Waals surface area contributed by atoms with E-state index in [0.29, 0.717) is 28.2 Å². The number of fused-ring (bicyclic) bond motifs is 1. The van der Waals surface area contributed by atoms with E-state index < -0.39 is 0 Å². The Morgan fingerprint density at radius 2 is 1.94 bits per heavy atom. The summed E-state index contributed by atoms with van der Waals surface area (Å²) in [6.45, 7) is 7.33. The van der Waals surface area contributed by atoms with E-state index in [0.717, 1.165) is 37.9 Å². The van der Waals surface area contributed by atoms with Crippen molar-refractivity contribution in [2.45, 2.75) is 58.5 Å². The Hall–Kier alpha value is -2.51. The predicted octanol–water partition coefficient (Wildman–Crippen LogP) is 4.52. The summed E-state index contributed by atoms with van der Waals surface area (Å²) < 4.78 is 1.68. The van der Waals surface area contributed by atoms with Gasteiger partial charge in [0.05, 0.1) is 22.6 Å². The quantitative estimate of drug-likeness (QED) is 0.485. The van der Waals surface area contributed by atoms with Crippen LogP contribution in [0.3, 0.4) is 0 Å². The molecule has 1 atom stereocenters. The fourth-order valence-corrected chi connectivity index (χ4v) is 5.58. The molecule has 0 bridgehead atoms. The molecule has 1 N–H and O–H groups in total. The lowest BCUT2D eigenvalue weighted by Crippen LogP contribution is -2.36. The van der Waals surface area contributed by atoms with Gasteiger partial charge >= 0.3 is 0 Å². The molecule has 0 saturated carbocycles. The van der Waals surface area contributed by atoms with Crippen LogP contribution in [0.4, 0.5) is 0 Å². The summed E-state index contributed by atoms with van der Waals surface area (Å²) in [7, 11) is 0. The topological polar surface area (TPSA) is 67.2 Å². The van der Waals surface area contributed by atoms with E-state index in [4.69, 9.17) is 0 Å². The summed E-state index contributed by atoms with van der Waals surface area (Å²) >= 11 is 1.31. The highest BCUT2D eigenvalue weighted by Crippen LogP contribution is 2.28. The average Bonchev–Trinajstić information content (AvgIpc) is 3.45. The maximum Gasteiger partial charge on any atom is 0.262 e. The zero-order chi connectivity index (χ0) is 22.5. The van der Waals surface area contributed by atoms with Gasteiger partial charge in [-0.05, 0) is 50.4 Å². The third kappa shape index (κ3) is 4.79. The van der Waals surface area contributed by atoms with Crippen LogP contribution in [0.2, 0.25) is 0 Å². The number of nitrogens with one attached hydrogen (secondary N) is 1. The average molecular weight is 453 g/mol. The van der Waals surface area contributed by atoms with Crippen molar-refractivity contribution < 1.29 is 4.79 Å². The normalized spacial score (nSPS) is 15.3. The molecule has 1 amide bonds. The second-order valence-electron chi connectivity index (χ2n) is 8.57. The number of carbonyl (C=O) groups excluding carboxylic acids is 1. The van der Waals surface area contributed by atoms with Crippen molar-refractivity contribution in [1.82, 2.24) is 19.8 Å². The fourth-order valence-electron chi connectivity index (χ4n) is 4.52. The molecule has 7 heteroatoms. The molecule has 0 radical (unpaired) electrons. The number of thiophene rings is 1. The SMILES string of the molecule is CCCCCn1cnc2sc(C(=O)NCC(c3ccccc3)N3CCCC3)c(C)c2c1=O. The number of carbonyl (C=O) groups is 1. The van der Waals surface area contributed by atoms with Gasteiger partial charge < -0.3 is 5.32 Å².